The molecule has 0 saturated carbocycles. The number of ether oxygens (including phenoxy) is 2. The third-order valence-corrected chi connectivity index (χ3v) is 19.6. The Hall–Kier alpha value is -13.2. The number of nitrogens with zero attached hydrogens (tertiary/aromatic N) is 7. The van der Waals surface area contributed by atoms with Crippen molar-refractivity contribution in [1.29, 1.82) is 0 Å². The molecule has 0 bridgehead atoms. The highest BCUT2D eigenvalue weighted by Crippen LogP contribution is 2.48. The highest BCUT2D eigenvalue weighted by atomic mass is 35.5. The summed E-state index contributed by atoms with van der Waals surface area (Å²) in [7, 11) is 0. The number of aromatic amines is 1. The van der Waals surface area contributed by atoms with Gasteiger partial charge >= 0.3 is 0 Å². The van der Waals surface area contributed by atoms with Crippen LogP contribution in [0, 0.1) is 0 Å². The van der Waals surface area contributed by atoms with E-state index in [1.807, 2.05) is 78.9 Å². The third kappa shape index (κ3) is 9.11. The quantitative estimate of drug-likeness (QED) is 0.172. The summed E-state index contributed by atoms with van der Waals surface area (Å²) in [5, 5.41) is 12.0. The van der Waals surface area contributed by atoms with Crippen molar-refractivity contribution in [3.63, 3.8) is 0 Å². The van der Waals surface area contributed by atoms with Gasteiger partial charge in [-0.25, -0.2) is 19.9 Å². The molecule has 10 nitrogen and oxygen atoms in total. The van der Waals surface area contributed by atoms with Crippen molar-refractivity contribution in [1.82, 2.24) is 38.6 Å². The summed E-state index contributed by atoms with van der Waals surface area (Å²) in [6.07, 6.45) is 0. The van der Waals surface area contributed by atoms with Crippen molar-refractivity contribution in [3.8, 4) is 85.1 Å². The van der Waals surface area contributed by atoms with Crippen LogP contribution in [0.15, 0.2) is 315 Å². The molecule has 6 aromatic heterocycles. The van der Waals surface area contributed by atoms with Gasteiger partial charge in [-0.15, -0.1) is 0 Å². The van der Waals surface area contributed by atoms with E-state index in [0.717, 1.165) is 100 Å². The molecule has 0 aliphatic carbocycles. The first kappa shape index (κ1) is 56.2. The largest absolute Gasteiger partial charge is 0.456 e. The fraction of sp³-hybridized carbons (Fsp3) is 0. The molecule has 0 unspecified atom stereocenters. The average Bonchev–Trinajstić information content (AvgIpc) is 1.73. The number of rotatable bonds is 5. The zero-order chi connectivity index (χ0) is 65.2. The standard InChI is InChI=1S/C44H26N4O.C30H20N2.C14H7ClN2O/c1-2-11-29(12-3-1)47-36-17-7-4-13-30(36)32-23-21-28(26-39(32)47)27-22-24-38-34(25-27)31-14-5-8-18-37(31)48(38)44-45-35-16-10-20-41-42(35)43(46-44)33-15-6-9-19-40(33)49-41;1-2-8-22(9-3-1)32-29-13-7-5-11-24(29)25-16-14-21(19-30(25)32)20-15-17-28-26(18-20)23-10-4-6-12-27(23)31-28;15-14-16-9-5-3-7-11-12(9)13(17-14)8-4-1-2-6-10(8)18-11/h1-26H;1-19,31H;1-7H. The molecule has 0 spiro atoms. The van der Waals surface area contributed by atoms with E-state index in [2.05, 4.69) is 265 Å². The monoisotopic (exact) mass is 1290 g/mol. The van der Waals surface area contributed by atoms with Crippen LogP contribution in [0.1, 0.15) is 0 Å². The number of aromatic nitrogens is 8. The Balaban J connectivity index is 0.000000113. The Morgan fingerprint density at radius 1 is 0.273 bits per heavy atom. The van der Waals surface area contributed by atoms with Crippen LogP contribution >= 0.6 is 11.6 Å². The van der Waals surface area contributed by atoms with Crippen LogP contribution in [0.3, 0.4) is 0 Å². The number of hydrogen-bond donors (Lipinski definition) is 1. The van der Waals surface area contributed by atoms with Crippen LogP contribution in [0.5, 0.6) is 23.0 Å². The second kappa shape index (κ2) is 22.5. The normalized spacial score (nSPS) is 12.1. The Bertz CT molecular complexity index is 6710. The molecule has 2 aliphatic rings. The second-order valence-corrected chi connectivity index (χ2v) is 25.4. The molecule has 0 saturated heterocycles. The molecule has 8 heterocycles. The van der Waals surface area contributed by atoms with E-state index in [4.69, 9.17) is 31.0 Å². The molecule has 1 N–H and O–H groups in total. The van der Waals surface area contributed by atoms with E-state index >= 15 is 0 Å². The Labute approximate surface area is 571 Å². The Kier molecular flexibility index (Phi) is 12.8. The lowest BCUT2D eigenvalue weighted by Crippen LogP contribution is -2.06. The molecule has 14 aromatic carbocycles. The molecular weight excluding hydrogens is 1240 g/mol. The van der Waals surface area contributed by atoms with Gasteiger partial charge in [-0.2, -0.15) is 0 Å². The zero-order valence-electron chi connectivity index (χ0n) is 52.8. The predicted molar refractivity (Wildman–Crippen MR) is 405 cm³/mol. The molecule has 464 valence electrons. The van der Waals surface area contributed by atoms with Crippen molar-refractivity contribution in [3.05, 3.63) is 321 Å². The van der Waals surface area contributed by atoms with Gasteiger partial charge in [0.1, 0.15) is 23.0 Å². The summed E-state index contributed by atoms with van der Waals surface area (Å²) in [5.41, 5.74) is 21.8. The van der Waals surface area contributed by atoms with Crippen LogP contribution < -0.4 is 9.47 Å². The van der Waals surface area contributed by atoms with E-state index in [9.17, 15) is 0 Å². The first-order valence-corrected chi connectivity index (χ1v) is 33.4. The SMILES string of the molecule is Clc1nc2c3c(cccc3n1)Oc1ccccc1-2.c1ccc(-n2c3ccccc3c3ccc(-c4ccc5[nH]c6ccccc6c5c4)cc32)cc1.c1ccc(-n2c3ccccc3c3ccc(-c4ccc5c(c4)c4ccccc4n5-c4nc5c6c(cccc6n4)Oc4ccccc4-5)cc32)cc1. The molecular formula is C88H53ClN8O2. The Morgan fingerprint density at radius 3 is 1.28 bits per heavy atom. The van der Waals surface area contributed by atoms with E-state index in [-0.39, 0.29) is 5.28 Å². The number of H-pyrrole nitrogens is 1. The number of nitrogens with one attached hydrogen (secondary N) is 1. The van der Waals surface area contributed by atoms with Crippen molar-refractivity contribution in [2.45, 2.75) is 0 Å². The van der Waals surface area contributed by atoms with Gasteiger partial charge in [-0.3, -0.25) is 4.57 Å². The van der Waals surface area contributed by atoms with Gasteiger partial charge in [0.2, 0.25) is 11.2 Å². The van der Waals surface area contributed by atoms with Crippen molar-refractivity contribution < 1.29 is 9.47 Å². The van der Waals surface area contributed by atoms with Crippen LogP contribution in [0.2, 0.25) is 5.28 Å². The average molecular weight is 1290 g/mol. The molecule has 0 amide bonds. The van der Waals surface area contributed by atoms with Gasteiger partial charge in [0.25, 0.3) is 0 Å². The molecule has 0 radical (unpaired) electrons. The molecule has 22 rings (SSSR count). The summed E-state index contributed by atoms with van der Waals surface area (Å²) in [6, 6.07) is 110. The number of para-hydroxylation sites is 8. The highest BCUT2D eigenvalue weighted by molar-refractivity contribution is 6.29. The predicted octanol–water partition coefficient (Wildman–Crippen LogP) is 23.4. The smallest absolute Gasteiger partial charge is 0.235 e. The maximum Gasteiger partial charge on any atom is 0.235 e. The number of hydrogen-bond acceptors (Lipinski definition) is 6. The first-order chi connectivity index (χ1) is 49.0. The first-order valence-electron chi connectivity index (χ1n) is 33.0. The van der Waals surface area contributed by atoms with Crippen molar-refractivity contribution >= 4 is 121 Å². The maximum absolute atomic E-state index is 6.26. The summed E-state index contributed by atoms with van der Waals surface area (Å²) in [6.45, 7) is 0. The van der Waals surface area contributed by atoms with Gasteiger partial charge in [0.15, 0.2) is 0 Å². The lowest BCUT2D eigenvalue weighted by Gasteiger charge is -2.20. The van der Waals surface area contributed by atoms with Crippen LogP contribution in [-0.2, 0) is 0 Å². The topological polar surface area (TPSA) is 101 Å². The minimum atomic E-state index is 0.256. The maximum atomic E-state index is 6.26. The summed E-state index contributed by atoms with van der Waals surface area (Å²) < 4.78 is 19.1. The Morgan fingerprint density at radius 2 is 0.687 bits per heavy atom. The van der Waals surface area contributed by atoms with E-state index < -0.39 is 0 Å². The molecule has 99 heavy (non-hydrogen) atoms. The summed E-state index contributed by atoms with van der Waals surface area (Å²) in [4.78, 5) is 22.5. The highest BCUT2D eigenvalue weighted by Gasteiger charge is 2.26. The van der Waals surface area contributed by atoms with Gasteiger partial charge < -0.3 is 23.6 Å². The lowest BCUT2D eigenvalue weighted by molar-refractivity contribution is 0.486. The molecule has 0 atom stereocenters. The van der Waals surface area contributed by atoms with Gasteiger partial charge in [-0.1, -0.05) is 182 Å². The number of benzene rings is 14. The van der Waals surface area contributed by atoms with Crippen molar-refractivity contribution in [2.75, 3.05) is 0 Å². The molecule has 2 aliphatic heterocycles. The summed E-state index contributed by atoms with van der Waals surface area (Å²) in [5.74, 6) is 3.81. The summed E-state index contributed by atoms with van der Waals surface area (Å²) >= 11 is 5.98. The molecule has 20 aromatic rings. The molecule has 0 fully saturated rings. The van der Waals surface area contributed by atoms with Gasteiger partial charge in [0.05, 0.1) is 66.3 Å². The van der Waals surface area contributed by atoms with Gasteiger partial charge in [0, 0.05) is 76.6 Å². The van der Waals surface area contributed by atoms with Crippen LogP contribution in [0.4, 0.5) is 0 Å². The van der Waals surface area contributed by atoms with Crippen LogP contribution in [-0.4, -0.2) is 38.6 Å². The number of halogens is 1. The zero-order valence-corrected chi connectivity index (χ0v) is 53.6. The minimum Gasteiger partial charge on any atom is -0.456 e. The van der Waals surface area contributed by atoms with Crippen molar-refractivity contribution in [2.24, 2.45) is 0 Å². The van der Waals surface area contributed by atoms with Gasteiger partial charge in [-0.05, 0) is 167 Å². The van der Waals surface area contributed by atoms with E-state index in [1.54, 1.807) is 0 Å². The van der Waals surface area contributed by atoms with Crippen LogP contribution in [0.25, 0.3) is 171 Å². The van der Waals surface area contributed by atoms with E-state index in [0.29, 0.717) is 5.95 Å². The fourth-order valence-electron chi connectivity index (χ4n) is 15.1. The third-order valence-electron chi connectivity index (χ3n) is 19.5. The second-order valence-electron chi connectivity index (χ2n) is 25.1. The molecule has 11 heteroatoms. The number of fused-ring (bicyclic) bond motifs is 16. The lowest BCUT2D eigenvalue weighted by atomic mass is 10.0. The minimum absolute atomic E-state index is 0.256. The van der Waals surface area contributed by atoms with E-state index in [1.165, 1.54) is 87.8 Å². The fourth-order valence-corrected chi connectivity index (χ4v) is 15.2.